The first kappa shape index (κ1) is 14.3. The summed E-state index contributed by atoms with van der Waals surface area (Å²) in [5, 5.41) is 0.116. The fourth-order valence-electron chi connectivity index (χ4n) is 1.49. The third kappa shape index (κ3) is 3.46. The van der Waals surface area contributed by atoms with Crippen LogP contribution in [0.1, 0.15) is 0 Å². The molecule has 0 saturated carbocycles. The van der Waals surface area contributed by atoms with E-state index >= 15 is 0 Å². The number of benzene rings is 2. The summed E-state index contributed by atoms with van der Waals surface area (Å²) in [4.78, 5) is 0.0652. The Balaban J connectivity index is 2.39. The minimum absolute atomic E-state index is 0.0652. The third-order valence-corrected chi connectivity index (χ3v) is 4.85. The smallest absolute Gasteiger partial charge is 0.263 e. The highest BCUT2D eigenvalue weighted by Gasteiger charge is 2.17. The van der Waals surface area contributed by atoms with Gasteiger partial charge in [0.1, 0.15) is 10.7 Å². The van der Waals surface area contributed by atoms with Crippen LogP contribution in [0, 0.1) is 5.82 Å². The molecule has 0 aliphatic carbocycles. The van der Waals surface area contributed by atoms with Crippen LogP contribution in [0.2, 0.25) is 5.02 Å². The largest absolute Gasteiger partial charge is 0.279 e. The van der Waals surface area contributed by atoms with E-state index in [2.05, 4.69) is 20.7 Å². The Bertz CT molecular complexity index is 701. The van der Waals surface area contributed by atoms with Crippen LogP contribution in [-0.2, 0) is 10.0 Å². The molecule has 0 bridgehead atoms. The molecule has 100 valence electrons. The van der Waals surface area contributed by atoms with Crippen LogP contribution in [0.4, 0.5) is 10.1 Å². The van der Waals surface area contributed by atoms with Crippen molar-refractivity contribution in [2.24, 2.45) is 0 Å². The molecule has 0 saturated heterocycles. The molecule has 3 nitrogen and oxygen atoms in total. The number of rotatable bonds is 3. The molecule has 2 aromatic carbocycles. The molecule has 1 N–H and O–H groups in total. The maximum atomic E-state index is 13.2. The van der Waals surface area contributed by atoms with Crippen LogP contribution >= 0.6 is 27.5 Å². The van der Waals surface area contributed by atoms with Crippen LogP contribution in [0.3, 0.4) is 0 Å². The van der Waals surface area contributed by atoms with Gasteiger partial charge in [-0.2, -0.15) is 0 Å². The summed E-state index contributed by atoms with van der Waals surface area (Å²) in [6, 6.07) is 9.82. The molecular weight excluding hydrogens is 357 g/mol. The van der Waals surface area contributed by atoms with Gasteiger partial charge in [0.15, 0.2) is 0 Å². The zero-order valence-electron chi connectivity index (χ0n) is 9.40. The number of anilines is 1. The second kappa shape index (κ2) is 5.48. The Labute approximate surface area is 123 Å². The molecule has 0 amide bonds. The van der Waals surface area contributed by atoms with E-state index in [1.165, 1.54) is 12.1 Å². The van der Waals surface area contributed by atoms with Crippen molar-refractivity contribution in [1.29, 1.82) is 0 Å². The molecule has 0 atom stereocenters. The molecule has 7 heteroatoms. The van der Waals surface area contributed by atoms with Gasteiger partial charge in [-0.1, -0.05) is 23.7 Å². The lowest BCUT2D eigenvalue weighted by atomic mass is 10.3. The lowest BCUT2D eigenvalue weighted by Crippen LogP contribution is -2.13. The summed E-state index contributed by atoms with van der Waals surface area (Å²) in [6.45, 7) is 0. The predicted molar refractivity (Wildman–Crippen MR) is 76.4 cm³/mol. The van der Waals surface area contributed by atoms with Crippen molar-refractivity contribution in [3.8, 4) is 0 Å². The molecule has 0 aliphatic heterocycles. The van der Waals surface area contributed by atoms with Crippen molar-refractivity contribution in [2.45, 2.75) is 4.90 Å². The number of nitrogens with one attached hydrogen (secondary N) is 1. The molecule has 0 aliphatic rings. The summed E-state index contributed by atoms with van der Waals surface area (Å²) in [5.74, 6) is -0.614. The summed E-state index contributed by atoms with van der Waals surface area (Å²) < 4.78 is 40.1. The third-order valence-electron chi connectivity index (χ3n) is 2.24. The normalized spacial score (nSPS) is 11.3. The zero-order chi connectivity index (χ0) is 14.0. The van der Waals surface area contributed by atoms with Crippen LogP contribution in [-0.4, -0.2) is 8.42 Å². The molecule has 2 rings (SSSR count). The van der Waals surface area contributed by atoms with Crippen LogP contribution in [0.15, 0.2) is 51.8 Å². The van der Waals surface area contributed by atoms with E-state index < -0.39 is 15.8 Å². The van der Waals surface area contributed by atoms with E-state index in [0.717, 1.165) is 12.1 Å². The van der Waals surface area contributed by atoms with Crippen molar-refractivity contribution in [1.82, 2.24) is 0 Å². The first-order valence-corrected chi connectivity index (χ1v) is 7.77. The Hall–Kier alpha value is -1.11. The second-order valence-electron chi connectivity index (χ2n) is 3.69. The van der Waals surface area contributed by atoms with Crippen LogP contribution < -0.4 is 4.72 Å². The van der Waals surface area contributed by atoms with Gasteiger partial charge in [0.25, 0.3) is 10.0 Å². The minimum atomic E-state index is -3.80. The fraction of sp³-hybridized carbons (Fsp3) is 0. The van der Waals surface area contributed by atoms with Crippen molar-refractivity contribution in [3.05, 3.63) is 57.8 Å². The highest BCUT2D eigenvalue weighted by molar-refractivity contribution is 9.10. The van der Waals surface area contributed by atoms with Crippen molar-refractivity contribution >= 4 is 43.2 Å². The number of sulfonamides is 1. The van der Waals surface area contributed by atoms with Gasteiger partial charge < -0.3 is 0 Å². The van der Waals surface area contributed by atoms with E-state index in [-0.39, 0.29) is 15.6 Å². The summed E-state index contributed by atoms with van der Waals surface area (Å²) in [5.41, 5.74) is 0.0701. The monoisotopic (exact) mass is 363 g/mol. The molecule has 0 heterocycles. The molecule has 0 unspecified atom stereocenters. The maximum Gasteiger partial charge on any atom is 0.263 e. The van der Waals surface area contributed by atoms with Gasteiger partial charge in [-0.05, 0) is 46.3 Å². The van der Waals surface area contributed by atoms with Gasteiger partial charge in [-0.15, -0.1) is 0 Å². The highest BCUT2D eigenvalue weighted by atomic mass is 79.9. The molecule has 0 aromatic heterocycles. The molecule has 0 fully saturated rings. The van der Waals surface area contributed by atoms with E-state index in [0.29, 0.717) is 4.47 Å². The maximum absolute atomic E-state index is 13.2. The average Bonchev–Trinajstić information content (AvgIpc) is 2.26. The predicted octanol–water partition coefficient (Wildman–Crippen LogP) is 4.04. The number of halogens is 3. The van der Waals surface area contributed by atoms with Crippen LogP contribution in [0.25, 0.3) is 0 Å². The first-order valence-electron chi connectivity index (χ1n) is 5.12. The number of hydrogen-bond acceptors (Lipinski definition) is 2. The SMILES string of the molecule is O=S(=O)(Nc1cc(F)cc(Cl)c1)c1ccccc1Br. The van der Waals surface area contributed by atoms with Crippen molar-refractivity contribution < 1.29 is 12.8 Å². The van der Waals surface area contributed by atoms with E-state index in [1.807, 2.05) is 0 Å². The Morgan fingerprint density at radius 1 is 1.16 bits per heavy atom. The summed E-state index contributed by atoms with van der Waals surface area (Å²) in [7, 11) is -3.80. The Morgan fingerprint density at radius 3 is 2.47 bits per heavy atom. The molecular formula is C12H8BrClFNO2S. The molecule has 0 radical (unpaired) electrons. The van der Waals surface area contributed by atoms with Crippen molar-refractivity contribution in [3.63, 3.8) is 0 Å². The Morgan fingerprint density at radius 2 is 1.84 bits per heavy atom. The van der Waals surface area contributed by atoms with E-state index in [4.69, 9.17) is 11.6 Å². The van der Waals surface area contributed by atoms with Gasteiger partial charge in [-0.25, -0.2) is 12.8 Å². The Kier molecular flexibility index (Phi) is 4.13. The summed E-state index contributed by atoms with van der Waals surface area (Å²) in [6.07, 6.45) is 0. The average molecular weight is 365 g/mol. The topological polar surface area (TPSA) is 46.2 Å². The summed E-state index contributed by atoms with van der Waals surface area (Å²) >= 11 is 8.83. The van der Waals surface area contributed by atoms with E-state index in [1.54, 1.807) is 18.2 Å². The fourth-order valence-corrected chi connectivity index (χ4v) is 3.75. The quantitative estimate of drug-likeness (QED) is 0.893. The van der Waals surface area contributed by atoms with Crippen molar-refractivity contribution in [2.75, 3.05) is 4.72 Å². The second-order valence-corrected chi connectivity index (χ2v) is 6.64. The molecule has 19 heavy (non-hydrogen) atoms. The molecule has 0 spiro atoms. The minimum Gasteiger partial charge on any atom is -0.279 e. The van der Waals surface area contributed by atoms with Gasteiger partial charge in [0.2, 0.25) is 0 Å². The standard InChI is InChI=1S/C12H8BrClFNO2S/c13-11-3-1-2-4-12(11)19(17,18)16-10-6-8(14)5-9(15)7-10/h1-7,16H. The van der Waals surface area contributed by atoms with Gasteiger partial charge in [0.05, 0.1) is 5.69 Å². The number of hydrogen-bond donors (Lipinski definition) is 1. The first-order chi connectivity index (χ1) is 8.88. The lowest BCUT2D eigenvalue weighted by molar-refractivity contribution is 0.600. The lowest BCUT2D eigenvalue weighted by Gasteiger charge is -2.09. The molecule has 2 aromatic rings. The van der Waals surface area contributed by atoms with E-state index in [9.17, 15) is 12.8 Å². The van der Waals surface area contributed by atoms with Gasteiger partial charge in [-0.3, -0.25) is 4.72 Å². The van der Waals surface area contributed by atoms with Gasteiger partial charge >= 0.3 is 0 Å². The zero-order valence-corrected chi connectivity index (χ0v) is 12.6. The van der Waals surface area contributed by atoms with Gasteiger partial charge in [0, 0.05) is 9.50 Å². The highest BCUT2D eigenvalue weighted by Crippen LogP contribution is 2.25. The van der Waals surface area contributed by atoms with Crippen LogP contribution in [0.5, 0.6) is 0 Å².